The lowest BCUT2D eigenvalue weighted by Gasteiger charge is -2.34. The molecule has 1 aromatic rings. The molecule has 2 saturated heterocycles. The normalized spacial score (nSPS) is 25.0. The zero-order valence-corrected chi connectivity index (χ0v) is 15.2. The molecule has 1 aromatic carbocycles. The largest absolute Gasteiger partial charge is 0.396 e. The fourth-order valence-electron chi connectivity index (χ4n) is 3.88. The third-order valence-corrected chi connectivity index (χ3v) is 5.63. The zero-order chi connectivity index (χ0) is 18.7. The zero-order valence-electron chi connectivity index (χ0n) is 15.2. The van der Waals surface area contributed by atoms with E-state index in [9.17, 15) is 18.7 Å². The van der Waals surface area contributed by atoms with Crippen molar-refractivity contribution in [1.82, 2.24) is 14.7 Å². The molecule has 26 heavy (non-hydrogen) atoms. The van der Waals surface area contributed by atoms with E-state index in [1.807, 2.05) is 0 Å². The standard InChI is InChI=1S/C19H27F2N3O2/c1-22-5-7-23(8-6-22)10-15-11-24(12-16(15)13-25)18(26)9-14-3-2-4-17(20)19(14)21/h2-4,15-16,25H,5-13H2,1H3/t15-,16-/m1/s1. The third kappa shape index (κ3) is 4.39. The number of carbonyl (C=O) groups is 1. The molecule has 5 nitrogen and oxygen atoms in total. The Morgan fingerprint density at radius 2 is 1.85 bits per heavy atom. The Balaban J connectivity index is 1.59. The van der Waals surface area contributed by atoms with Crippen LogP contribution in [0.15, 0.2) is 18.2 Å². The molecule has 7 heteroatoms. The molecule has 2 fully saturated rings. The minimum absolute atomic E-state index is 0.0379. The number of rotatable bonds is 5. The number of amides is 1. The van der Waals surface area contributed by atoms with Crippen LogP contribution in [0.25, 0.3) is 0 Å². The first-order valence-corrected chi connectivity index (χ1v) is 9.20. The number of likely N-dealkylation sites (tertiary alicyclic amines) is 1. The Hall–Kier alpha value is -1.57. The summed E-state index contributed by atoms with van der Waals surface area (Å²) in [4.78, 5) is 18.9. The van der Waals surface area contributed by atoms with Crippen LogP contribution in [0.4, 0.5) is 8.78 Å². The van der Waals surface area contributed by atoms with Crippen molar-refractivity contribution >= 4 is 5.91 Å². The van der Waals surface area contributed by atoms with Crippen LogP contribution < -0.4 is 0 Å². The first-order valence-electron chi connectivity index (χ1n) is 9.20. The van der Waals surface area contributed by atoms with E-state index in [1.54, 1.807) is 4.90 Å². The Morgan fingerprint density at radius 3 is 2.54 bits per heavy atom. The van der Waals surface area contributed by atoms with Crippen LogP contribution in [0.5, 0.6) is 0 Å². The second-order valence-electron chi connectivity index (χ2n) is 7.50. The minimum atomic E-state index is -0.951. The summed E-state index contributed by atoms with van der Waals surface area (Å²) >= 11 is 0. The molecule has 2 heterocycles. The lowest BCUT2D eigenvalue weighted by molar-refractivity contribution is -0.129. The first kappa shape index (κ1) is 19.2. The average molecular weight is 367 g/mol. The summed E-state index contributed by atoms with van der Waals surface area (Å²) in [5, 5.41) is 9.70. The number of nitrogens with zero attached hydrogens (tertiary/aromatic N) is 3. The van der Waals surface area contributed by atoms with Crippen molar-refractivity contribution in [3.05, 3.63) is 35.4 Å². The first-order chi connectivity index (χ1) is 12.5. The molecular formula is C19H27F2N3O2. The van der Waals surface area contributed by atoms with E-state index in [0.717, 1.165) is 38.8 Å². The highest BCUT2D eigenvalue weighted by atomic mass is 19.2. The minimum Gasteiger partial charge on any atom is -0.396 e. The van der Waals surface area contributed by atoms with Crippen molar-refractivity contribution in [2.75, 3.05) is 59.5 Å². The summed E-state index contributed by atoms with van der Waals surface area (Å²) in [6.45, 7) is 5.98. The predicted octanol–water partition coefficient (Wildman–Crippen LogP) is 0.822. The molecule has 0 saturated carbocycles. The summed E-state index contributed by atoms with van der Waals surface area (Å²) in [6, 6.07) is 3.91. The lowest BCUT2D eigenvalue weighted by atomic mass is 9.96. The van der Waals surface area contributed by atoms with Crippen molar-refractivity contribution in [1.29, 1.82) is 0 Å². The molecule has 0 radical (unpaired) electrons. The molecule has 1 N–H and O–H groups in total. The van der Waals surface area contributed by atoms with Crippen molar-refractivity contribution in [2.45, 2.75) is 6.42 Å². The molecule has 0 unspecified atom stereocenters. The average Bonchev–Trinajstić information content (AvgIpc) is 3.04. The van der Waals surface area contributed by atoms with E-state index in [0.29, 0.717) is 13.1 Å². The van der Waals surface area contributed by atoms with Crippen molar-refractivity contribution in [3.63, 3.8) is 0 Å². The Labute approximate surface area is 153 Å². The number of benzene rings is 1. The van der Waals surface area contributed by atoms with Gasteiger partial charge in [-0.05, 0) is 19.0 Å². The summed E-state index contributed by atoms with van der Waals surface area (Å²) in [5.41, 5.74) is 0.0815. The van der Waals surface area contributed by atoms with Gasteiger partial charge in [0, 0.05) is 63.9 Å². The number of halogens is 2. The third-order valence-electron chi connectivity index (χ3n) is 5.63. The predicted molar refractivity (Wildman–Crippen MR) is 94.6 cm³/mol. The molecule has 0 aliphatic carbocycles. The molecule has 0 bridgehead atoms. The van der Waals surface area contributed by atoms with E-state index in [2.05, 4.69) is 16.8 Å². The highest BCUT2D eigenvalue weighted by Gasteiger charge is 2.36. The van der Waals surface area contributed by atoms with Gasteiger partial charge in [-0.3, -0.25) is 4.79 Å². The monoisotopic (exact) mass is 367 g/mol. The van der Waals surface area contributed by atoms with Crippen LogP contribution in [0.3, 0.4) is 0 Å². The molecular weight excluding hydrogens is 340 g/mol. The van der Waals surface area contributed by atoms with Crippen LogP contribution in [0.2, 0.25) is 0 Å². The van der Waals surface area contributed by atoms with Gasteiger partial charge in [-0.25, -0.2) is 8.78 Å². The molecule has 2 atom stereocenters. The van der Waals surface area contributed by atoms with Gasteiger partial charge < -0.3 is 19.8 Å². The van der Waals surface area contributed by atoms with Crippen molar-refractivity contribution < 1.29 is 18.7 Å². The molecule has 3 rings (SSSR count). The SMILES string of the molecule is CN1CCN(C[C@@H]2CN(C(=O)Cc3cccc(F)c3F)C[C@@H]2CO)CC1. The van der Waals surface area contributed by atoms with Gasteiger partial charge in [0.25, 0.3) is 0 Å². The highest BCUT2D eigenvalue weighted by Crippen LogP contribution is 2.25. The maximum Gasteiger partial charge on any atom is 0.227 e. The lowest BCUT2D eigenvalue weighted by Crippen LogP contribution is -2.47. The molecule has 1 amide bonds. The number of likely N-dealkylation sites (N-methyl/N-ethyl adjacent to an activating group) is 1. The fourth-order valence-corrected chi connectivity index (χ4v) is 3.88. The molecule has 144 valence electrons. The maximum atomic E-state index is 13.8. The van der Waals surface area contributed by atoms with Crippen molar-refractivity contribution in [2.24, 2.45) is 11.8 Å². The van der Waals surface area contributed by atoms with Crippen LogP contribution in [-0.2, 0) is 11.2 Å². The van der Waals surface area contributed by atoms with Crippen LogP contribution in [-0.4, -0.2) is 85.2 Å². The topological polar surface area (TPSA) is 47.0 Å². The van der Waals surface area contributed by atoms with Crippen LogP contribution >= 0.6 is 0 Å². The van der Waals surface area contributed by atoms with Gasteiger partial charge in [-0.15, -0.1) is 0 Å². The summed E-state index contributed by atoms with van der Waals surface area (Å²) < 4.78 is 27.1. The number of piperazine rings is 1. The van der Waals surface area contributed by atoms with Gasteiger partial charge in [0.2, 0.25) is 5.91 Å². The van der Waals surface area contributed by atoms with Gasteiger partial charge >= 0.3 is 0 Å². The Bertz CT molecular complexity index is 635. The number of carbonyl (C=O) groups excluding carboxylic acids is 1. The molecule has 2 aliphatic rings. The number of aliphatic hydroxyl groups is 1. The smallest absolute Gasteiger partial charge is 0.227 e. The molecule has 2 aliphatic heterocycles. The van der Waals surface area contributed by atoms with E-state index < -0.39 is 11.6 Å². The molecule has 0 aromatic heterocycles. The van der Waals surface area contributed by atoms with E-state index in [-0.39, 0.29) is 36.3 Å². The van der Waals surface area contributed by atoms with Crippen LogP contribution in [0.1, 0.15) is 5.56 Å². The van der Waals surface area contributed by atoms with E-state index >= 15 is 0 Å². The Kier molecular flexibility index (Phi) is 6.21. The molecule has 0 spiro atoms. The summed E-state index contributed by atoms with van der Waals surface area (Å²) in [7, 11) is 2.11. The number of hydrogen-bond acceptors (Lipinski definition) is 4. The van der Waals surface area contributed by atoms with Crippen molar-refractivity contribution in [3.8, 4) is 0 Å². The van der Waals surface area contributed by atoms with Gasteiger partial charge in [0.15, 0.2) is 11.6 Å². The van der Waals surface area contributed by atoms with E-state index in [1.165, 1.54) is 12.1 Å². The second-order valence-corrected chi connectivity index (χ2v) is 7.50. The quantitative estimate of drug-likeness (QED) is 0.837. The maximum absolute atomic E-state index is 13.8. The Morgan fingerprint density at radius 1 is 1.15 bits per heavy atom. The van der Waals surface area contributed by atoms with Gasteiger partial charge in [-0.2, -0.15) is 0 Å². The summed E-state index contributed by atoms with van der Waals surface area (Å²) in [5.74, 6) is -1.85. The number of aliphatic hydroxyl groups excluding tert-OH is 1. The van der Waals surface area contributed by atoms with Gasteiger partial charge in [0.1, 0.15) is 0 Å². The van der Waals surface area contributed by atoms with Gasteiger partial charge in [0.05, 0.1) is 6.42 Å². The summed E-state index contributed by atoms with van der Waals surface area (Å²) in [6.07, 6.45) is -0.150. The second kappa shape index (κ2) is 8.41. The fraction of sp³-hybridized carbons (Fsp3) is 0.632. The van der Waals surface area contributed by atoms with Gasteiger partial charge in [-0.1, -0.05) is 12.1 Å². The van der Waals surface area contributed by atoms with Crippen LogP contribution in [0, 0.1) is 23.5 Å². The number of hydrogen-bond donors (Lipinski definition) is 1. The highest BCUT2D eigenvalue weighted by molar-refractivity contribution is 5.79. The van der Waals surface area contributed by atoms with E-state index in [4.69, 9.17) is 0 Å².